The van der Waals surface area contributed by atoms with E-state index >= 15 is 0 Å². The third-order valence-corrected chi connectivity index (χ3v) is 4.53. The van der Waals surface area contributed by atoms with Crippen LogP contribution in [-0.4, -0.2) is 0 Å². The smallest absolute Gasteiger partial charge is 0.00488 e. The largest absolute Gasteiger partial charge is 0.102 e. The molecule has 0 aromatic heterocycles. The molecule has 0 heterocycles. The second-order valence-electron chi connectivity index (χ2n) is 5.28. The maximum Gasteiger partial charge on any atom is -0.00488 e. The van der Waals surface area contributed by atoms with Crippen LogP contribution in [0.25, 0.3) is 0 Å². The molecule has 0 nitrogen and oxygen atoms in total. The van der Waals surface area contributed by atoms with E-state index in [0.29, 0.717) is 11.3 Å². The van der Waals surface area contributed by atoms with Gasteiger partial charge in [0, 0.05) is 0 Å². The van der Waals surface area contributed by atoms with Crippen LogP contribution in [0.4, 0.5) is 0 Å². The minimum Gasteiger partial charge on any atom is -0.102 e. The van der Waals surface area contributed by atoms with Crippen LogP contribution in [0.15, 0.2) is 24.3 Å². The summed E-state index contributed by atoms with van der Waals surface area (Å²) < 4.78 is 0. The quantitative estimate of drug-likeness (QED) is 0.568. The van der Waals surface area contributed by atoms with E-state index in [4.69, 9.17) is 0 Å². The van der Waals surface area contributed by atoms with E-state index in [1.165, 1.54) is 32.1 Å². The minimum atomic E-state index is 0.520. The van der Waals surface area contributed by atoms with Crippen molar-refractivity contribution in [1.82, 2.24) is 0 Å². The van der Waals surface area contributed by atoms with Crippen LogP contribution in [0.3, 0.4) is 0 Å². The Hall–Kier alpha value is -0.520. The third-order valence-electron chi connectivity index (χ3n) is 4.53. The van der Waals surface area contributed by atoms with Crippen molar-refractivity contribution in [3.8, 4) is 0 Å². The highest BCUT2D eigenvalue weighted by atomic mass is 14.5. The standard InChI is InChI=1S/C14H22/c1-4-11(2)13-9-8-12-7-5-6-10-14(12,13)3/h4,9,11-12H,1,5-8,10H2,2-3H3/t11-,12?,14?/m0/s1. The molecule has 2 aliphatic carbocycles. The molecule has 1 saturated carbocycles. The van der Waals surface area contributed by atoms with Gasteiger partial charge in [-0.05, 0) is 36.5 Å². The Labute approximate surface area is 88.1 Å². The molecule has 0 aliphatic heterocycles. The summed E-state index contributed by atoms with van der Waals surface area (Å²) in [5.41, 5.74) is 2.20. The molecule has 1 fully saturated rings. The second-order valence-corrected chi connectivity index (χ2v) is 5.28. The molecule has 0 bridgehead atoms. The van der Waals surface area contributed by atoms with Crippen molar-refractivity contribution < 1.29 is 0 Å². The number of fused-ring (bicyclic) bond motifs is 1. The molecule has 14 heavy (non-hydrogen) atoms. The first-order chi connectivity index (χ1) is 6.68. The molecule has 0 N–H and O–H groups in total. The highest BCUT2D eigenvalue weighted by molar-refractivity contribution is 5.27. The van der Waals surface area contributed by atoms with Crippen LogP contribution >= 0.6 is 0 Å². The van der Waals surface area contributed by atoms with Crippen LogP contribution in [-0.2, 0) is 0 Å². The minimum absolute atomic E-state index is 0.520. The molecular formula is C14H22. The third kappa shape index (κ3) is 1.36. The molecule has 2 rings (SSSR count). The summed E-state index contributed by atoms with van der Waals surface area (Å²) >= 11 is 0. The molecule has 0 aromatic rings. The van der Waals surface area contributed by atoms with Crippen molar-refractivity contribution in [3.63, 3.8) is 0 Å². The molecule has 2 unspecified atom stereocenters. The zero-order valence-electron chi connectivity index (χ0n) is 9.55. The molecule has 0 saturated heterocycles. The topological polar surface area (TPSA) is 0 Å². The zero-order chi connectivity index (χ0) is 10.2. The van der Waals surface area contributed by atoms with E-state index in [1.807, 2.05) is 0 Å². The lowest BCUT2D eigenvalue weighted by Crippen LogP contribution is -2.30. The predicted molar refractivity (Wildman–Crippen MR) is 62.1 cm³/mol. The first-order valence-corrected chi connectivity index (χ1v) is 6.01. The molecule has 2 aliphatic rings. The van der Waals surface area contributed by atoms with E-state index in [-0.39, 0.29) is 0 Å². The lowest BCUT2D eigenvalue weighted by molar-refractivity contribution is 0.170. The lowest BCUT2D eigenvalue weighted by atomic mass is 9.64. The number of hydrogen-bond donors (Lipinski definition) is 0. The molecule has 78 valence electrons. The van der Waals surface area contributed by atoms with E-state index in [0.717, 1.165) is 5.92 Å². The van der Waals surface area contributed by atoms with Crippen LogP contribution in [0, 0.1) is 17.3 Å². The summed E-state index contributed by atoms with van der Waals surface area (Å²) in [7, 11) is 0. The Kier molecular flexibility index (Phi) is 2.55. The lowest BCUT2D eigenvalue weighted by Gasteiger charge is -2.40. The molecule has 0 amide bonds. The van der Waals surface area contributed by atoms with Crippen molar-refractivity contribution in [1.29, 1.82) is 0 Å². The van der Waals surface area contributed by atoms with Crippen molar-refractivity contribution in [2.24, 2.45) is 17.3 Å². The normalized spacial score (nSPS) is 38.7. The summed E-state index contributed by atoms with van der Waals surface area (Å²) in [4.78, 5) is 0. The monoisotopic (exact) mass is 190 g/mol. The predicted octanol–water partition coefficient (Wildman–Crippen LogP) is 4.34. The van der Waals surface area contributed by atoms with Crippen LogP contribution in [0.1, 0.15) is 46.0 Å². The molecule has 0 spiro atoms. The summed E-state index contributed by atoms with van der Waals surface area (Å²) in [5, 5.41) is 0. The zero-order valence-corrected chi connectivity index (χ0v) is 9.55. The Morgan fingerprint density at radius 1 is 1.57 bits per heavy atom. The van der Waals surface area contributed by atoms with Crippen molar-refractivity contribution in [2.75, 3.05) is 0 Å². The van der Waals surface area contributed by atoms with Crippen LogP contribution in [0.5, 0.6) is 0 Å². The van der Waals surface area contributed by atoms with E-state index in [1.54, 1.807) is 5.57 Å². The Balaban J connectivity index is 2.23. The Morgan fingerprint density at radius 2 is 2.36 bits per heavy atom. The highest BCUT2D eigenvalue weighted by Gasteiger charge is 2.43. The Bertz CT molecular complexity index is 261. The van der Waals surface area contributed by atoms with Crippen molar-refractivity contribution in [2.45, 2.75) is 46.0 Å². The molecule has 3 atom stereocenters. The molecular weight excluding hydrogens is 168 g/mol. The summed E-state index contributed by atoms with van der Waals surface area (Å²) in [6, 6.07) is 0. The van der Waals surface area contributed by atoms with Crippen molar-refractivity contribution in [3.05, 3.63) is 24.3 Å². The fourth-order valence-corrected chi connectivity index (χ4v) is 3.50. The fourth-order valence-electron chi connectivity index (χ4n) is 3.50. The van der Waals surface area contributed by atoms with Gasteiger partial charge >= 0.3 is 0 Å². The van der Waals surface area contributed by atoms with Gasteiger partial charge in [0.25, 0.3) is 0 Å². The van der Waals surface area contributed by atoms with Gasteiger partial charge < -0.3 is 0 Å². The highest BCUT2D eigenvalue weighted by Crippen LogP contribution is 2.54. The van der Waals surface area contributed by atoms with Gasteiger partial charge in [-0.15, -0.1) is 6.58 Å². The van der Waals surface area contributed by atoms with E-state index < -0.39 is 0 Å². The summed E-state index contributed by atoms with van der Waals surface area (Å²) in [6.45, 7) is 8.71. The van der Waals surface area contributed by atoms with Gasteiger partial charge in [0.2, 0.25) is 0 Å². The van der Waals surface area contributed by atoms with Gasteiger partial charge in [-0.3, -0.25) is 0 Å². The van der Waals surface area contributed by atoms with Gasteiger partial charge in [0.15, 0.2) is 0 Å². The first-order valence-electron chi connectivity index (χ1n) is 6.01. The average molecular weight is 190 g/mol. The van der Waals surface area contributed by atoms with Gasteiger partial charge in [0.05, 0.1) is 0 Å². The van der Waals surface area contributed by atoms with Crippen LogP contribution in [0.2, 0.25) is 0 Å². The number of rotatable bonds is 2. The van der Waals surface area contributed by atoms with Gasteiger partial charge in [0.1, 0.15) is 0 Å². The van der Waals surface area contributed by atoms with E-state index in [2.05, 4.69) is 32.6 Å². The maximum absolute atomic E-state index is 3.93. The Morgan fingerprint density at radius 3 is 3.07 bits per heavy atom. The molecule has 0 aromatic carbocycles. The van der Waals surface area contributed by atoms with Gasteiger partial charge in [-0.1, -0.05) is 44.4 Å². The summed E-state index contributed by atoms with van der Waals surface area (Å²) in [6.07, 6.45) is 11.7. The first kappa shape index (κ1) is 10.0. The maximum atomic E-state index is 3.93. The molecule has 0 radical (unpaired) electrons. The van der Waals surface area contributed by atoms with Gasteiger partial charge in [-0.2, -0.15) is 0 Å². The fraction of sp³-hybridized carbons (Fsp3) is 0.714. The van der Waals surface area contributed by atoms with E-state index in [9.17, 15) is 0 Å². The number of allylic oxidation sites excluding steroid dienone is 3. The average Bonchev–Trinajstić information content (AvgIpc) is 2.54. The van der Waals surface area contributed by atoms with Crippen LogP contribution < -0.4 is 0 Å². The van der Waals surface area contributed by atoms with Gasteiger partial charge in [-0.25, -0.2) is 0 Å². The SMILES string of the molecule is C=C[C@H](C)C1=CCC2CCCCC12C. The number of hydrogen-bond acceptors (Lipinski definition) is 0. The molecule has 0 heteroatoms. The second kappa shape index (κ2) is 3.56. The summed E-state index contributed by atoms with van der Waals surface area (Å²) in [5.74, 6) is 1.52. The van der Waals surface area contributed by atoms with Crippen molar-refractivity contribution >= 4 is 0 Å².